The van der Waals surface area contributed by atoms with Crippen molar-refractivity contribution in [2.75, 3.05) is 0 Å². The predicted molar refractivity (Wildman–Crippen MR) is 74.6 cm³/mol. The van der Waals surface area contributed by atoms with Crippen LogP contribution in [0.3, 0.4) is 0 Å². The lowest BCUT2D eigenvalue weighted by molar-refractivity contribution is 0.272. The van der Waals surface area contributed by atoms with E-state index in [0.29, 0.717) is 5.02 Å². The fraction of sp³-hybridized carbons (Fsp3) is 0.0833. The number of nitrogens with zero attached hydrogens (tertiary/aromatic N) is 2. The predicted octanol–water partition coefficient (Wildman–Crippen LogP) is 3.69. The van der Waals surface area contributed by atoms with Crippen LogP contribution in [0.2, 0.25) is 5.02 Å². The van der Waals surface area contributed by atoms with E-state index in [4.69, 9.17) is 11.6 Å². The molecule has 3 aromatic rings. The van der Waals surface area contributed by atoms with Crippen molar-refractivity contribution in [2.24, 2.45) is 0 Å². The molecule has 0 fully saturated rings. The van der Waals surface area contributed by atoms with Crippen LogP contribution in [0.1, 0.15) is 5.69 Å². The van der Waals surface area contributed by atoms with Gasteiger partial charge in [0, 0.05) is 21.5 Å². The van der Waals surface area contributed by atoms with Crippen LogP contribution in [-0.2, 0) is 6.61 Å². The first-order valence-electron chi connectivity index (χ1n) is 5.26. The highest BCUT2D eigenvalue weighted by Gasteiger charge is 2.13. The highest BCUT2D eigenvalue weighted by molar-refractivity contribution is 7.99. The minimum Gasteiger partial charge on any atom is -0.390 e. The maximum absolute atomic E-state index is 9.46. The van der Waals surface area contributed by atoms with Crippen molar-refractivity contribution in [2.45, 2.75) is 16.5 Å². The Balaban J connectivity index is 2.01. The van der Waals surface area contributed by atoms with E-state index in [1.54, 1.807) is 11.3 Å². The molecule has 2 heterocycles. The van der Waals surface area contributed by atoms with E-state index >= 15 is 0 Å². The fourth-order valence-electron chi connectivity index (χ4n) is 1.68. The van der Waals surface area contributed by atoms with Gasteiger partial charge in [0.25, 0.3) is 0 Å². The van der Waals surface area contributed by atoms with E-state index in [9.17, 15) is 5.11 Å². The summed E-state index contributed by atoms with van der Waals surface area (Å²) in [6.07, 6.45) is 1.92. The fourth-order valence-corrected chi connectivity index (χ4v) is 3.69. The van der Waals surface area contributed by atoms with Crippen molar-refractivity contribution in [1.82, 2.24) is 9.38 Å². The van der Waals surface area contributed by atoms with Gasteiger partial charge in [0.2, 0.25) is 0 Å². The molecular formula is C12H9ClN2OS2. The van der Waals surface area contributed by atoms with Gasteiger partial charge in [-0.2, -0.15) is 0 Å². The average molecular weight is 297 g/mol. The number of hydrogen-bond donors (Lipinski definition) is 1. The summed E-state index contributed by atoms with van der Waals surface area (Å²) in [5, 5.41) is 12.9. The summed E-state index contributed by atoms with van der Waals surface area (Å²) in [6, 6.07) is 7.61. The normalized spacial score (nSPS) is 11.2. The summed E-state index contributed by atoms with van der Waals surface area (Å²) in [6.45, 7) is -0.0270. The van der Waals surface area contributed by atoms with Crippen LogP contribution in [0, 0.1) is 0 Å². The first kappa shape index (κ1) is 12.0. The van der Waals surface area contributed by atoms with Crippen LogP contribution in [0.5, 0.6) is 0 Å². The lowest BCUT2D eigenvalue weighted by Crippen LogP contribution is -1.90. The third kappa shape index (κ3) is 2.14. The lowest BCUT2D eigenvalue weighted by atomic mass is 10.4. The van der Waals surface area contributed by atoms with Crippen molar-refractivity contribution in [3.8, 4) is 0 Å². The molecule has 0 aliphatic heterocycles. The third-order valence-electron chi connectivity index (χ3n) is 2.48. The molecule has 3 nitrogen and oxygen atoms in total. The van der Waals surface area contributed by atoms with Gasteiger partial charge in [-0.05, 0) is 18.2 Å². The zero-order chi connectivity index (χ0) is 12.5. The molecule has 0 atom stereocenters. The van der Waals surface area contributed by atoms with Crippen molar-refractivity contribution in [1.29, 1.82) is 0 Å². The molecule has 2 aromatic heterocycles. The number of rotatable bonds is 3. The van der Waals surface area contributed by atoms with Gasteiger partial charge in [0.1, 0.15) is 5.03 Å². The van der Waals surface area contributed by atoms with Crippen molar-refractivity contribution in [3.05, 3.63) is 46.6 Å². The van der Waals surface area contributed by atoms with E-state index in [1.807, 2.05) is 40.2 Å². The molecule has 0 aliphatic carbocycles. The average Bonchev–Trinajstić information content (AvgIpc) is 2.89. The molecule has 0 unspecified atom stereocenters. The first-order valence-corrected chi connectivity index (χ1v) is 7.34. The Morgan fingerprint density at radius 3 is 3.11 bits per heavy atom. The van der Waals surface area contributed by atoms with Crippen molar-refractivity contribution < 1.29 is 5.11 Å². The quantitative estimate of drug-likeness (QED) is 0.801. The Morgan fingerprint density at radius 1 is 1.44 bits per heavy atom. The summed E-state index contributed by atoms with van der Waals surface area (Å²) in [7, 11) is 0. The second kappa shape index (κ2) is 4.93. The van der Waals surface area contributed by atoms with E-state index < -0.39 is 0 Å². The SMILES string of the molecule is OCc1c(Sc2cccc(Cl)c2)nc2sccn12. The largest absolute Gasteiger partial charge is 0.390 e. The van der Waals surface area contributed by atoms with Gasteiger partial charge in [-0.25, -0.2) is 4.98 Å². The monoisotopic (exact) mass is 296 g/mol. The minimum atomic E-state index is -0.0270. The maximum atomic E-state index is 9.46. The van der Waals surface area contributed by atoms with Gasteiger partial charge < -0.3 is 5.11 Å². The van der Waals surface area contributed by atoms with Gasteiger partial charge in [0.05, 0.1) is 12.3 Å². The Morgan fingerprint density at radius 2 is 2.33 bits per heavy atom. The van der Waals surface area contributed by atoms with Crippen molar-refractivity contribution in [3.63, 3.8) is 0 Å². The van der Waals surface area contributed by atoms with Gasteiger partial charge in [-0.15, -0.1) is 11.3 Å². The molecule has 0 saturated carbocycles. The number of hydrogen-bond acceptors (Lipinski definition) is 4. The topological polar surface area (TPSA) is 37.5 Å². The number of aliphatic hydroxyl groups is 1. The Hall–Kier alpha value is -1.01. The molecule has 92 valence electrons. The maximum Gasteiger partial charge on any atom is 0.195 e. The van der Waals surface area contributed by atoms with Gasteiger partial charge in [-0.3, -0.25) is 4.40 Å². The second-order valence-corrected chi connectivity index (χ2v) is 6.01. The molecule has 3 rings (SSSR count). The van der Waals surface area contributed by atoms with Crippen molar-refractivity contribution >= 4 is 39.7 Å². The van der Waals surface area contributed by atoms with E-state index in [2.05, 4.69) is 4.98 Å². The molecule has 0 spiro atoms. The highest BCUT2D eigenvalue weighted by Crippen LogP contribution is 2.32. The molecule has 1 aromatic carbocycles. The number of aromatic nitrogens is 2. The van der Waals surface area contributed by atoms with Crippen LogP contribution in [0.4, 0.5) is 0 Å². The smallest absolute Gasteiger partial charge is 0.195 e. The highest BCUT2D eigenvalue weighted by atomic mass is 35.5. The zero-order valence-corrected chi connectivity index (χ0v) is 11.6. The number of thiazole rings is 1. The molecule has 0 bridgehead atoms. The number of benzene rings is 1. The molecule has 0 amide bonds. The standard InChI is InChI=1S/C12H9ClN2OS2/c13-8-2-1-3-9(6-8)18-11-10(7-16)15-4-5-17-12(15)14-11/h1-6,16H,7H2. The summed E-state index contributed by atoms with van der Waals surface area (Å²) in [4.78, 5) is 6.42. The van der Waals surface area contributed by atoms with Crippen LogP contribution >= 0.6 is 34.7 Å². The number of imidazole rings is 1. The van der Waals surface area contributed by atoms with E-state index in [0.717, 1.165) is 20.6 Å². The molecule has 0 radical (unpaired) electrons. The van der Waals surface area contributed by atoms with Gasteiger partial charge >= 0.3 is 0 Å². The van der Waals surface area contributed by atoms with Crippen LogP contribution in [-0.4, -0.2) is 14.5 Å². The van der Waals surface area contributed by atoms with Crippen LogP contribution < -0.4 is 0 Å². The molecular weight excluding hydrogens is 288 g/mol. The van der Waals surface area contributed by atoms with Crippen LogP contribution in [0.15, 0.2) is 45.8 Å². The Bertz CT molecular complexity index is 692. The third-order valence-corrected chi connectivity index (χ3v) is 4.49. The van der Waals surface area contributed by atoms with E-state index in [-0.39, 0.29) is 6.61 Å². The molecule has 6 heteroatoms. The number of halogens is 1. The van der Waals surface area contributed by atoms with E-state index in [1.165, 1.54) is 11.8 Å². The summed E-state index contributed by atoms with van der Waals surface area (Å²) >= 11 is 9.02. The Labute approximate surface area is 117 Å². The minimum absolute atomic E-state index is 0.0270. The van der Waals surface area contributed by atoms with Gasteiger partial charge in [0.15, 0.2) is 4.96 Å². The molecule has 0 saturated heterocycles. The number of fused-ring (bicyclic) bond motifs is 1. The van der Waals surface area contributed by atoms with Crippen LogP contribution in [0.25, 0.3) is 4.96 Å². The first-order chi connectivity index (χ1) is 8.78. The second-order valence-electron chi connectivity index (χ2n) is 3.64. The zero-order valence-electron chi connectivity index (χ0n) is 9.21. The summed E-state index contributed by atoms with van der Waals surface area (Å²) in [5.41, 5.74) is 0.816. The molecule has 0 aliphatic rings. The van der Waals surface area contributed by atoms with Gasteiger partial charge in [-0.1, -0.05) is 29.4 Å². The summed E-state index contributed by atoms with van der Waals surface area (Å²) < 4.78 is 1.91. The number of aliphatic hydroxyl groups excluding tert-OH is 1. The Kier molecular flexibility index (Phi) is 3.30. The summed E-state index contributed by atoms with van der Waals surface area (Å²) in [5.74, 6) is 0. The molecule has 18 heavy (non-hydrogen) atoms. The molecule has 1 N–H and O–H groups in total. The lowest BCUT2D eigenvalue weighted by Gasteiger charge is -2.01.